The van der Waals surface area contributed by atoms with E-state index in [9.17, 15) is 4.79 Å². The fourth-order valence-corrected chi connectivity index (χ4v) is 5.14. The number of fused-ring (bicyclic) bond motifs is 1. The molecule has 2 aromatic rings. The molecule has 0 bridgehead atoms. The SMILES string of the molecule is CC(C)c1ccccc1NC(=O)C[NH+]1CCc2sccc2[C@@H]1C1CC1. The van der Waals surface area contributed by atoms with Gasteiger partial charge in [-0.15, -0.1) is 11.3 Å². The number of hydrogen-bond donors (Lipinski definition) is 2. The lowest BCUT2D eigenvalue weighted by atomic mass is 9.96. The lowest BCUT2D eigenvalue weighted by Gasteiger charge is -2.32. The molecule has 0 spiro atoms. The van der Waals surface area contributed by atoms with Crippen molar-refractivity contribution in [1.82, 2.24) is 0 Å². The summed E-state index contributed by atoms with van der Waals surface area (Å²) in [6.45, 7) is 5.99. The molecule has 2 heterocycles. The van der Waals surface area contributed by atoms with Gasteiger partial charge in [0.25, 0.3) is 5.91 Å². The van der Waals surface area contributed by atoms with Crippen LogP contribution in [0, 0.1) is 5.92 Å². The second kappa shape index (κ2) is 6.93. The van der Waals surface area contributed by atoms with Crippen molar-refractivity contribution in [3.8, 4) is 0 Å². The highest BCUT2D eigenvalue weighted by Gasteiger charge is 2.43. The molecule has 3 nitrogen and oxygen atoms in total. The highest BCUT2D eigenvalue weighted by molar-refractivity contribution is 7.10. The second-order valence-corrected chi connectivity index (χ2v) is 8.74. The molecule has 1 fully saturated rings. The predicted octanol–water partition coefficient (Wildman–Crippen LogP) is 3.40. The van der Waals surface area contributed by atoms with Crippen LogP contribution in [0.5, 0.6) is 0 Å². The van der Waals surface area contributed by atoms with Crippen molar-refractivity contribution in [2.75, 3.05) is 18.4 Å². The van der Waals surface area contributed by atoms with Crippen LogP contribution in [0.25, 0.3) is 0 Å². The zero-order valence-electron chi connectivity index (χ0n) is 15.0. The number of benzene rings is 1. The molecule has 0 radical (unpaired) electrons. The Morgan fingerprint density at radius 2 is 2.08 bits per heavy atom. The van der Waals surface area contributed by atoms with Crippen molar-refractivity contribution in [1.29, 1.82) is 0 Å². The third-order valence-electron chi connectivity index (χ3n) is 5.57. The highest BCUT2D eigenvalue weighted by Crippen LogP contribution is 2.42. The smallest absolute Gasteiger partial charge is 0.279 e. The lowest BCUT2D eigenvalue weighted by Crippen LogP contribution is -3.14. The van der Waals surface area contributed by atoms with E-state index in [0.29, 0.717) is 18.5 Å². The molecule has 0 saturated heterocycles. The third-order valence-corrected chi connectivity index (χ3v) is 6.56. The Hall–Kier alpha value is -1.65. The topological polar surface area (TPSA) is 33.5 Å². The van der Waals surface area contributed by atoms with Crippen LogP contribution in [0.4, 0.5) is 5.69 Å². The fourth-order valence-electron chi connectivity index (χ4n) is 4.21. The molecule has 4 heteroatoms. The molecule has 2 atom stereocenters. The van der Waals surface area contributed by atoms with Crippen molar-refractivity contribution in [2.24, 2.45) is 5.92 Å². The molecule has 2 N–H and O–H groups in total. The summed E-state index contributed by atoms with van der Waals surface area (Å²) in [6.07, 6.45) is 3.75. The maximum atomic E-state index is 12.8. The Morgan fingerprint density at radius 3 is 2.84 bits per heavy atom. The van der Waals surface area contributed by atoms with Crippen LogP contribution in [0.15, 0.2) is 35.7 Å². The second-order valence-electron chi connectivity index (χ2n) is 7.74. The minimum absolute atomic E-state index is 0.146. The molecule has 1 aromatic heterocycles. The summed E-state index contributed by atoms with van der Waals surface area (Å²) in [4.78, 5) is 15.8. The Bertz CT molecular complexity index is 763. The molecular weight excluding hydrogens is 328 g/mol. The van der Waals surface area contributed by atoms with Crippen LogP contribution in [-0.4, -0.2) is 19.0 Å². The van der Waals surface area contributed by atoms with Crippen LogP contribution in [-0.2, 0) is 11.2 Å². The third kappa shape index (κ3) is 3.51. The quantitative estimate of drug-likeness (QED) is 0.847. The zero-order valence-corrected chi connectivity index (χ0v) is 15.9. The molecule has 1 saturated carbocycles. The first-order valence-corrected chi connectivity index (χ1v) is 10.3. The van der Waals surface area contributed by atoms with E-state index in [1.165, 1.54) is 28.9 Å². The van der Waals surface area contributed by atoms with Crippen LogP contribution in [0.3, 0.4) is 0 Å². The van der Waals surface area contributed by atoms with Gasteiger partial charge < -0.3 is 10.2 Å². The van der Waals surface area contributed by atoms with E-state index < -0.39 is 0 Å². The van der Waals surface area contributed by atoms with Gasteiger partial charge in [0.05, 0.1) is 6.54 Å². The Balaban J connectivity index is 1.48. The minimum atomic E-state index is 0.146. The average molecular weight is 356 g/mol. The summed E-state index contributed by atoms with van der Waals surface area (Å²) >= 11 is 1.89. The van der Waals surface area contributed by atoms with Gasteiger partial charge in [-0.3, -0.25) is 4.79 Å². The molecule has 1 aliphatic heterocycles. The number of para-hydroxylation sites is 1. The number of carbonyl (C=O) groups is 1. The number of hydrogen-bond acceptors (Lipinski definition) is 2. The normalized spacial score (nSPS) is 22.7. The summed E-state index contributed by atoms with van der Waals surface area (Å²) in [6, 6.07) is 11.0. The molecular formula is C21H27N2OS+. The van der Waals surface area contributed by atoms with E-state index in [2.05, 4.69) is 36.7 Å². The first-order valence-electron chi connectivity index (χ1n) is 9.43. The summed E-state index contributed by atoms with van der Waals surface area (Å²) in [5.41, 5.74) is 3.70. The Labute approximate surface area is 154 Å². The first kappa shape index (κ1) is 16.8. The lowest BCUT2D eigenvalue weighted by molar-refractivity contribution is -0.928. The molecule has 1 aliphatic carbocycles. The van der Waals surface area contributed by atoms with E-state index in [1.807, 2.05) is 29.5 Å². The van der Waals surface area contributed by atoms with E-state index >= 15 is 0 Å². The number of thiophene rings is 1. The maximum Gasteiger partial charge on any atom is 0.279 e. The average Bonchev–Trinajstić information content (AvgIpc) is 3.31. The van der Waals surface area contributed by atoms with Gasteiger partial charge in [-0.1, -0.05) is 32.0 Å². The van der Waals surface area contributed by atoms with Gasteiger partial charge in [0.2, 0.25) is 0 Å². The number of carbonyl (C=O) groups excluding carboxylic acids is 1. The first-order chi connectivity index (χ1) is 12.1. The van der Waals surface area contributed by atoms with Gasteiger partial charge in [0.15, 0.2) is 6.54 Å². The van der Waals surface area contributed by atoms with Gasteiger partial charge in [-0.2, -0.15) is 0 Å². The number of nitrogens with one attached hydrogen (secondary N) is 2. The van der Waals surface area contributed by atoms with Crippen molar-refractivity contribution in [3.05, 3.63) is 51.7 Å². The van der Waals surface area contributed by atoms with E-state index in [1.54, 1.807) is 4.88 Å². The van der Waals surface area contributed by atoms with Gasteiger partial charge in [0, 0.05) is 28.5 Å². The highest BCUT2D eigenvalue weighted by atomic mass is 32.1. The van der Waals surface area contributed by atoms with Crippen molar-refractivity contribution in [2.45, 2.75) is 45.1 Å². The summed E-state index contributed by atoms with van der Waals surface area (Å²) < 4.78 is 0. The van der Waals surface area contributed by atoms with E-state index in [-0.39, 0.29) is 5.91 Å². The van der Waals surface area contributed by atoms with Crippen molar-refractivity contribution < 1.29 is 9.69 Å². The van der Waals surface area contributed by atoms with Gasteiger partial charge >= 0.3 is 0 Å². The Kier molecular flexibility index (Phi) is 4.65. The molecule has 132 valence electrons. The molecule has 4 rings (SSSR count). The minimum Gasteiger partial charge on any atom is -0.321 e. The summed E-state index contributed by atoms with van der Waals surface area (Å²) in [5.74, 6) is 1.33. The van der Waals surface area contributed by atoms with Crippen LogP contribution in [0.2, 0.25) is 0 Å². The molecule has 25 heavy (non-hydrogen) atoms. The van der Waals surface area contributed by atoms with Crippen LogP contribution < -0.4 is 10.2 Å². The van der Waals surface area contributed by atoms with Crippen molar-refractivity contribution in [3.63, 3.8) is 0 Å². The molecule has 1 aromatic carbocycles. The molecule has 1 unspecified atom stereocenters. The standard InChI is InChI=1S/C21H26N2OS/c1-14(2)16-5-3-4-6-18(16)22-20(24)13-23-11-9-19-17(10-12-25-19)21(23)15-7-8-15/h3-6,10,12,14-15,21H,7-9,11,13H2,1-2H3,(H,22,24)/p+1/t21-/m0/s1. The zero-order chi connectivity index (χ0) is 17.4. The number of anilines is 1. The van der Waals surface area contributed by atoms with Gasteiger partial charge in [0.1, 0.15) is 6.04 Å². The largest absolute Gasteiger partial charge is 0.321 e. The predicted molar refractivity (Wildman–Crippen MR) is 103 cm³/mol. The summed E-state index contributed by atoms with van der Waals surface area (Å²) in [5, 5.41) is 5.40. The summed E-state index contributed by atoms with van der Waals surface area (Å²) in [7, 11) is 0. The molecule has 2 aliphatic rings. The van der Waals surface area contributed by atoms with Crippen molar-refractivity contribution >= 4 is 22.9 Å². The monoisotopic (exact) mass is 355 g/mol. The number of amides is 1. The number of rotatable bonds is 5. The van der Waals surface area contributed by atoms with Gasteiger partial charge in [-0.05, 0) is 41.8 Å². The van der Waals surface area contributed by atoms with E-state index in [0.717, 1.165) is 24.6 Å². The van der Waals surface area contributed by atoms with Crippen LogP contribution >= 0.6 is 11.3 Å². The van der Waals surface area contributed by atoms with Gasteiger partial charge in [-0.25, -0.2) is 0 Å². The van der Waals surface area contributed by atoms with E-state index in [4.69, 9.17) is 0 Å². The maximum absolute atomic E-state index is 12.8. The molecule has 1 amide bonds. The number of quaternary nitrogens is 1. The van der Waals surface area contributed by atoms with Crippen LogP contribution in [0.1, 0.15) is 54.7 Å². The Morgan fingerprint density at radius 1 is 1.28 bits per heavy atom. The fraction of sp³-hybridized carbons (Fsp3) is 0.476.